The van der Waals surface area contributed by atoms with E-state index in [0.29, 0.717) is 24.7 Å². The summed E-state index contributed by atoms with van der Waals surface area (Å²) >= 11 is 1.55. The molecular weight excluding hydrogens is 328 g/mol. The number of hydrogen-bond donors (Lipinski definition) is 1. The maximum Gasteiger partial charge on any atom is 0.188 e. The number of rotatable bonds is 4. The van der Waals surface area contributed by atoms with Crippen LogP contribution in [0, 0.1) is 0 Å². The van der Waals surface area contributed by atoms with Crippen molar-refractivity contribution in [1.82, 2.24) is 4.98 Å². The zero-order valence-electron chi connectivity index (χ0n) is 13.3. The molecule has 2 heterocycles. The number of thiazole rings is 1. The van der Waals surface area contributed by atoms with E-state index in [2.05, 4.69) is 10.3 Å². The predicted molar refractivity (Wildman–Crippen MR) is 93.4 cm³/mol. The van der Waals surface area contributed by atoms with Gasteiger partial charge < -0.3 is 24.3 Å². The van der Waals surface area contributed by atoms with E-state index in [9.17, 15) is 0 Å². The zero-order chi connectivity index (χ0) is 16.5. The summed E-state index contributed by atoms with van der Waals surface area (Å²) < 4.78 is 22.8. The molecule has 7 heteroatoms. The molecule has 0 saturated carbocycles. The summed E-state index contributed by atoms with van der Waals surface area (Å²) in [4.78, 5) is 4.60. The van der Waals surface area contributed by atoms with E-state index in [1.807, 2.05) is 30.3 Å². The van der Waals surface area contributed by atoms with Crippen LogP contribution in [0.15, 0.2) is 30.3 Å². The van der Waals surface area contributed by atoms with Gasteiger partial charge in [-0.15, -0.1) is 0 Å². The van der Waals surface area contributed by atoms with Gasteiger partial charge in [0.25, 0.3) is 0 Å². The van der Waals surface area contributed by atoms with E-state index in [-0.39, 0.29) is 0 Å². The van der Waals surface area contributed by atoms with E-state index < -0.39 is 0 Å². The zero-order valence-corrected chi connectivity index (χ0v) is 14.1. The van der Waals surface area contributed by atoms with Crippen LogP contribution in [0.3, 0.4) is 0 Å². The van der Waals surface area contributed by atoms with Crippen molar-refractivity contribution in [2.45, 2.75) is 0 Å². The largest absolute Gasteiger partial charge is 0.493 e. The van der Waals surface area contributed by atoms with Crippen molar-refractivity contribution in [3.63, 3.8) is 0 Å². The quantitative estimate of drug-likeness (QED) is 0.776. The van der Waals surface area contributed by atoms with Crippen LogP contribution in [0.1, 0.15) is 0 Å². The lowest BCUT2D eigenvalue weighted by Crippen LogP contribution is -2.15. The third-order valence-corrected chi connectivity index (χ3v) is 4.62. The number of nitrogens with zero attached hydrogens (tertiary/aromatic N) is 1. The van der Waals surface area contributed by atoms with Crippen molar-refractivity contribution in [1.29, 1.82) is 0 Å². The van der Waals surface area contributed by atoms with Crippen molar-refractivity contribution >= 4 is 32.4 Å². The number of aromatic nitrogens is 1. The molecular formula is C17H16N2O4S. The van der Waals surface area contributed by atoms with E-state index in [1.54, 1.807) is 25.6 Å². The molecule has 0 bridgehead atoms. The lowest BCUT2D eigenvalue weighted by Gasteiger charge is -2.18. The lowest BCUT2D eigenvalue weighted by atomic mass is 10.2. The molecule has 1 N–H and O–H groups in total. The van der Waals surface area contributed by atoms with Crippen LogP contribution >= 0.6 is 11.3 Å². The maximum absolute atomic E-state index is 5.61. The van der Waals surface area contributed by atoms with E-state index in [0.717, 1.165) is 32.5 Å². The molecule has 2 aromatic carbocycles. The van der Waals surface area contributed by atoms with E-state index in [4.69, 9.17) is 18.9 Å². The van der Waals surface area contributed by atoms with Crippen LogP contribution < -0.4 is 24.3 Å². The van der Waals surface area contributed by atoms with Crippen molar-refractivity contribution in [3.8, 4) is 23.0 Å². The number of hydrogen-bond acceptors (Lipinski definition) is 7. The van der Waals surface area contributed by atoms with Crippen LogP contribution in [-0.2, 0) is 0 Å². The Hall–Kier alpha value is -2.67. The molecule has 0 fully saturated rings. The minimum atomic E-state index is 0.567. The topological polar surface area (TPSA) is 61.8 Å². The Kier molecular flexibility index (Phi) is 3.78. The molecule has 4 rings (SSSR count). The molecule has 24 heavy (non-hydrogen) atoms. The Morgan fingerprint density at radius 3 is 2.54 bits per heavy atom. The monoisotopic (exact) mass is 344 g/mol. The second kappa shape index (κ2) is 6.09. The normalized spacial score (nSPS) is 12.9. The number of benzene rings is 2. The van der Waals surface area contributed by atoms with Gasteiger partial charge in [-0.2, -0.15) is 0 Å². The number of fused-ring (bicyclic) bond motifs is 2. The predicted octanol–water partition coefficient (Wildman–Crippen LogP) is 3.83. The number of ether oxygens (including phenoxy) is 4. The molecule has 0 amide bonds. The number of anilines is 2. The fourth-order valence-corrected chi connectivity index (χ4v) is 3.45. The van der Waals surface area contributed by atoms with Gasteiger partial charge in [0.05, 0.1) is 24.4 Å². The second-order valence-electron chi connectivity index (χ2n) is 5.18. The Morgan fingerprint density at radius 2 is 1.75 bits per heavy atom. The first kappa shape index (κ1) is 14.9. The van der Waals surface area contributed by atoms with Gasteiger partial charge in [0.2, 0.25) is 0 Å². The minimum absolute atomic E-state index is 0.567. The molecule has 0 radical (unpaired) electrons. The van der Waals surface area contributed by atoms with E-state index >= 15 is 0 Å². The molecule has 124 valence electrons. The lowest BCUT2D eigenvalue weighted by molar-refractivity contribution is 0.171. The maximum atomic E-state index is 5.61. The first-order chi connectivity index (χ1) is 11.8. The molecule has 0 spiro atoms. The van der Waals surface area contributed by atoms with Crippen LogP contribution in [0.2, 0.25) is 0 Å². The van der Waals surface area contributed by atoms with Crippen molar-refractivity contribution in [3.05, 3.63) is 30.3 Å². The van der Waals surface area contributed by atoms with Crippen LogP contribution in [0.5, 0.6) is 23.0 Å². The Bertz CT molecular complexity index is 853. The first-order valence-electron chi connectivity index (χ1n) is 7.46. The summed E-state index contributed by atoms with van der Waals surface area (Å²) in [5.74, 6) is 2.88. The number of methoxy groups -OCH3 is 2. The second-order valence-corrected chi connectivity index (χ2v) is 6.21. The third-order valence-electron chi connectivity index (χ3n) is 3.69. The Labute approximate surface area is 142 Å². The molecule has 0 saturated heterocycles. The van der Waals surface area contributed by atoms with Crippen molar-refractivity contribution < 1.29 is 18.9 Å². The molecule has 6 nitrogen and oxygen atoms in total. The summed E-state index contributed by atoms with van der Waals surface area (Å²) in [5, 5.41) is 4.10. The molecule has 0 atom stereocenters. The third kappa shape index (κ3) is 2.67. The first-order valence-corrected chi connectivity index (χ1v) is 8.28. The average molecular weight is 344 g/mol. The van der Waals surface area contributed by atoms with Crippen molar-refractivity contribution in [2.75, 3.05) is 32.8 Å². The molecule has 3 aromatic rings. The van der Waals surface area contributed by atoms with Gasteiger partial charge >= 0.3 is 0 Å². The fraction of sp³-hybridized carbons (Fsp3) is 0.235. The van der Waals surface area contributed by atoms with Crippen LogP contribution in [-0.4, -0.2) is 32.4 Å². The average Bonchev–Trinajstić information content (AvgIpc) is 3.01. The number of nitrogens with one attached hydrogen (secondary N) is 1. The molecule has 1 aromatic heterocycles. The Morgan fingerprint density at radius 1 is 1.00 bits per heavy atom. The summed E-state index contributed by atoms with van der Waals surface area (Å²) in [5.41, 5.74) is 1.76. The van der Waals surface area contributed by atoms with Gasteiger partial charge in [-0.25, -0.2) is 4.98 Å². The van der Waals surface area contributed by atoms with Gasteiger partial charge in [0, 0.05) is 23.9 Å². The highest BCUT2D eigenvalue weighted by atomic mass is 32.1. The fourth-order valence-electron chi connectivity index (χ4n) is 2.55. The van der Waals surface area contributed by atoms with Crippen molar-refractivity contribution in [2.24, 2.45) is 0 Å². The molecule has 1 aliphatic heterocycles. The van der Waals surface area contributed by atoms with Gasteiger partial charge in [0.15, 0.2) is 28.1 Å². The van der Waals surface area contributed by atoms with Gasteiger partial charge in [-0.05, 0) is 12.1 Å². The smallest absolute Gasteiger partial charge is 0.188 e. The molecule has 1 aliphatic rings. The highest BCUT2D eigenvalue weighted by Gasteiger charge is 2.14. The van der Waals surface area contributed by atoms with E-state index in [1.165, 1.54) is 0 Å². The highest BCUT2D eigenvalue weighted by Crippen LogP contribution is 2.38. The standard InChI is InChI=1S/C17H16N2O4S/c1-20-13-8-11-16(9-14(13)21-2)24-17(19-11)18-10-3-4-12-15(7-10)23-6-5-22-12/h3-4,7-9H,5-6H2,1-2H3,(H,18,19). The summed E-state index contributed by atoms with van der Waals surface area (Å²) in [6.07, 6.45) is 0. The van der Waals surface area contributed by atoms with Gasteiger partial charge in [0.1, 0.15) is 13.2 Å². The van der Waals surface area contributed by atoms with Crippen LogP contribution in [0.25, 0.3) is 10.2 Å². The SMILES string of the molecule is COc1cc2nc(Nc3ccc4c(c3)OCCO4)sc2cc1OC. The summed E-state index contributed by atoms with van der Waals surface area (Å²) in [6, 6.07) is 9.57. The molecule has 0 aliphatic carbocycles. The van der Waals surface area contributed by atoms with Crippen LogP contribution in [0.4, 0.5) is 10.8 Å². The van der Waals surface area contributed by atoms with Gasteiger partial charge in [-0.1, -0.05) is 11.3 Å². The van der Waals surface area contributed by atoms with Gasteiger partial charge in [-0.3, -0.25) is 0 Å². The Balaban J connectivity index is 1.65. The highest BCUT2D eigenvalue weighted by molar-refractivity contribution is 7.22. The summed E-state index contributed by atoms with van der Waals surface area (Å²) in [7, 11) is 3.24. The minimum Gasteiger partial charge on any atom is -0.493 e. The summed E-state index contributed by atoms with van der Waals surface area (Å²) in [6.45, 7) is 1.15. The molecule has 0 unspecified atom stereocenters.